The summed E-state index contributed by atoms with van der Waals surface area (Å²) in [4.78, 5) is 11.8. The van der Waals surface area contributed by atoms with Crippen LogP contribution in [0, 0.1) is 0 Å². The van der Waals surface area contributed by atoms with Crippen molar-refractivity contribution in [1.82, 2.24) is 5.32 Å². The minimum absolute atomic E-state index is 0.0556. The molecule has 0 saturated carbocycles. The van der Waals surface area contributed by atoms with E-state index >= 15 is 0 Å². The first-order valence-corrected chi connectivity index (χ1v) is 6.63. The molecule has 0 aliphatic carbocycles. The molecule has 0 aromatic heterocycles. The van der Waals surface area contributed by atoms with E-state index in [1.807, 2.05) is 13.8 Å². The number of halogens is 1. The molecule has 0 aliphatic heterocycles. The molecule has 1 aromatic rings. The van der Waals surface area contributed by atoms with Gasteiger partial charge in [0, 0.05) is 16.6 Å². The Hall–Kier alpha value is -1.26. The predicted octanol–water partition coefficient (Wildman–Crippen LogP) is 2.69. The Labute approximate surface area is 118 Å². The van der Waals surface area contributed by atoms with Gasteiger partial charge in [-0.3, -0.25) is 4.79 Å². The van der Waals surface area contributed by atoms with Crippen LogP contribution in [0.4, 0.5) is 0 Å². The molecule has 1 rings (SSSR count). The van der Waals surface area contributed by atoms with Crippen LogP contribution in [-0.2, 0) is 4.79 Å². The Bertz CT molecular complexity index is 446. The van der Waals surface area contributed by atoms with E-state index < -0.39 is 12.2 Å². The van der Waals surface area contributed by atoms with Gasteiger partial charge in [0.1, 0.15) is 5.75 Å². The summed E-state index contributed by atoms with van der Waals surface area (Å²) in [6.45, 7) is 7.05. The molecule has 5 heteroatoms. The molecule has 0 fully saturated rings. The van der Waals surface area contributed by atoms with Crippen LogP contribution in [0.25, 0.3) is 0 Å². The molecule has 19 heavy (non-hydrogen) atoms. The van der Waals surface area contributed by atoms with Crippen molar-refractivity contribution in [2.45, 2.75) is 45.9 Å². The van der Waals surface area contributed by atoms with Gasteiger partial charge in [-0.25, -0.2) is 0 Å². The summed E-state index contributed by atoms with van der Waals surface area (Å²) in [7, 11) is 0. The van der Waals surface area contributed by atoms with Crippen molar-refractivity contribution < 1.29 is 14.6 Å². The molecule has 1 aromatic carbocycles. The fourth-order valence-electron chi connectivity index (χ4n) is 1.60. The van der Waals surface area contributed by atoms with Crippen LogP contribution < -0.4 is 10.1 Å². The Morgan fingerprint density at radius 2 is 1.95 bits per heavy atom. The highest BCUT2D eigenvalue weighted by atomic mass is 35.5. The number of benzene rings is 1. The van der Waals surface area contributed by atoms with Crippen LogP contribution in [0.3, 0.4) is 0 Å². The molecule has 0 heterocycles. The molecule has 0 spiro atoms. The van der Waals surface area contributed by atoms with Crippen molar-refractivity contribution in [2.75, 3.05) is 0 Å². The van der Waals surface area contributed by atoms with Gasteiger partial charge in [0.2, 0.25) is 0 Å². The van der Waals surface area contributed by atoms with Crippen molar-refractivity contribution in [3.8, 4) is 5.75 Å². The van der Waals surface area contributed by atoms with Gasteiger partial charge in [-0.15, -0.1) is 0 Å². The molecule has 2 atom stereocenters. The summed E-state index contributed by atoms with van der Waals surface area (Å²) < 4.78 is 5.59. The average molecular weight is 286 g/mol. The number of aliphatic hydroxyl groups is 1. The molecule has 0 radical (unpaired) electrons. The van der Waals surface area contributed by atoms with Crippen LogP contribution in [0.2, 0.25) is 5.02 Å². The van der Waals surface area contributed by atoms with Crippen molar-refractivity contribution in [1.29, 1.82) is 0 Å². The number of carbonyl (C=O) groups is 1. The van der Waals surface area contributed by atoms with Gasteiger partial charge in [0.15, 0.2) is 6.10 Å². The van der Waals surface area contributed by atoms with E-state index in [9.17, 15) is 9.90 Å². The Kier molecular flexibility index (Phi) is 5.63. The number of hydrogen-bond donors (Lipinski definition) is 2. The quantitative estimate of drug-likeness (QED) is 0.874. The smallest absolute Gasteiger partial charge is 0.260 e. The van der Waals surface area contributed by atoms with Crippen molar-refractivity contribution in [2.24, 2.45) is 0 Å². The van der Waals surface area contributed by atoms with Gasteiger partial charge < -0.3 is 15.2 Å². The van der Waals surface area contributed by atoms with Crippen LogP contribution in [-0.4, -0.2) is 23.2 Å². The standard InChI is InChI=1S/C14H20ClNO3/c1-8(2)16-14(18)10(4)19-13-6-5-11(15)7-12(13)9(3)17/h5-10,17H,1-4H3,(H,16,18)/t9-,10?/m0/s1. The monoisotopic (exact) mass is 285 g/mol. The van der Waals surface area contributed by atoms with E-state index in [-0.39, 0.29) is 11.9 Å². The number of nitrogens with one attached hydrogen (secondary N) is 1. The third-order valence-corrected chi connectivity index (χ3v) is 2.76. The number of carbonyl (C=O) groups excluding carboxylic acids is 1. The molecular weight excluding hydrogens is 266 g/mol. The number of hydrogen-bond acceptors (Lipinski definition) is 3. The molecule has 2 N–H and O–H groups in total. The summed E-state index contributed by atoms with van der Waals surface area (Å²) in [6.07, 6.45) is -1.35. The van der Waals surface area contributed by atoms with Crippen molar-refractivity contribution in [3.05, 3.63) is 28.8 Å². The SMILES string of the molecule is CC(C)NC(=O)C(C)Oc1ccc(Cl)cc1[C@H](C)O. The van der Waals surface area contributed by atoms with Crippen LogP contribution >= 0.6 is 11.6 Å². The number of amides is 1. The van der Waals surface area contributed by atoms with E-state index in [1.54, 1.807) is 32.0 Å². The van der Waals surface area contributed by atoms with E-state index in [2.05, 4.69) is 5.32 Å². The minimum atomic E-state index is -0.714. The molecule has 0 bridgehead atoms. The molecule has 0 saturated heterocycles. The number of rotatable bonds is 5. The Balaban J connectivity index is 2.84. The lowest BCUT2D eigenvalue weighted by atomic mass is 10.1. The lowest BCUT2D eigenvalue weighted by Crippen LogP contribution is -2.40. The second-order valence-electron chi connectivity index (χ2n) is 4.78. The largest absolute Gasteiger partial charge is 0.481 e. The molecule has 4 nitrogen and oxygen atoms in total. The van der Waals surface area contributed by atoms with Gasteiger partial charge in [-0.05, 0) is 45.9 Å². The van der Waals surface area contributed by atoms with E-state index in [1.165, 1.54) is 0 Å². The topological polar surface area (TPSA) is 58.6 Å². The molecule has 1 amide bonds. The normalized spacial score (nSPS) is 14.1. The third-order valence-electron chi connectivity index (χ3n) is 2.53. The van der Waals surface area contributed by atoms with Crippen molar-refractivity contribution in [3.63, 3.8) is 0 Å². The summed E-state index contributed by atoms with van der Waals surface area (Å²) in [6, 6.07) is 5.01. The first kappa shape index (κ1) is 15.8. The maximum Gasteiger partial charge on any atom is 0.260 e. The van der Waals surface area contributed by atoms with Gasteiger partial charge in [0.25, 0.3) is 5.91 Å². The van der Waals surface area contributed by atoms with E-state index in [0.29, 0.717) is 16.3 Å². The Morgan fingerprint density at radius 3 is 2.47 bits per heavy atom. The van der Waals surface area contributed by atoms with Crippen LogP contribution in [0.5, 0.6) is 5.75 Å². The zero-order chi connectivity index (χ0) is 14.6. The van der Waals surface area contributed by atoms with Gasteiger partial charge in [-0.2, -0.15) is 0 Å². The second-order valence-corrected chi connectivity index (χ2v) is 5.22. The average Bonchev–Trinajstić information content (AvgIpc) is 2.30. The van der Waals surface area contributed by atoms with E-state index in [0.717, 1.165) is 0 Å². The third kappa shape index (κ3) is 4.73. The molecule has 1 unspecified atom stereocenters. The number of ether oxygens (including phenoxy) is 1. The summed E-state index contributed by atoms with van der Waals surface area (Å²) in [5.41, 5.74) is 0.566. The number of aliphatic hydroxyl groups excluding tert-OH is 1. The zero-order valence-corrected chi connectivity index (χ0v) is 12.4. The predicted molar refractivity (Wildman–Crippen MR) is 75.5 cm³/mol. The Morgan fingerprint density at radius 1 is 1.32 bits per heavy atom. The van der Waals surface area contributed by atoms with Crippen LogP contribution in [0.1, 0.15) is 39.4 Å². The van der Waals surface area contributed by atoms with Gasteiger partial charge in [0.05, 0.1) is 6.10 Å². The van der Waals surface area contributed by atoms with Gasteiger partial charge in [-0.1, -0.05) is 11.6 Å². The summed E-state index contributed by atoms with van der Waals surface area (Å²) in [5.74, 6) is 0.271. The summed E-state index contributed by atoms with van der Waals surface area (Å²) >= 11 is 5.88. The van der Waals surface area contributed by atoms with E-state index in [4.69, 9.17) is 16.3 Å². The maximum absolute atomic E-state index is 11.8. The van der Waals surface area contributed by atoms with Crippen LogP contribution in [0.15, 0.2) is 18.2 Å². The maximum atomic E-state index is 11.8. The lowest BCUT2D eigenvalue weighted by Gasteiger charge is -2.19. The minimum Gasteiger partial charge on any atom is -0.481 e. The van der Waals surface area contributed by atoms with Gasteiger partial charge >= 0.3 is 0 Å². The highest BCUT2D eigenvalue weighted by Gasteiger charge is 2.18. The lowest BCUT2D eigenvalue weighted by molar-refractivity contribution is -0.127. The highest BCUT2D eigenvalue weighted by molar-refractivity contribution is 6.30. The molecule has 106 valence electrons. The fourth-order valence-corrected chi connectivity index (χ4v) is 1.78. The fraction of sp³-hybridized carbons (Fsp3) is 0.500. The zero-order valence-electron chi connectivity index (χ0n) is 11.6. The highest BCUT2D eigenvalue weighted by Crippen LogP contribution is 2.29. The molecule has 0 aliphatic rings. The first-order valence-electron chi connectivity index (χ1n) is 6.25. The molecular formula is C14H20ClNO3. The summed E-state index contributed by atoms with van der Waals surface area (Å²) in [5, 5.41) is 13.0. The first-order chi connectivity index (χ1) is 8.81. The van der Waals surface area contributed by atoms with Crippen molar-refractivity contribution >= 4 is 17.5 Å². The second kappa shape index (κ2) is 6.78.